The third-order valence-corrected chi connectivity index (χ3v) is 6.19. The molecule has 2 heterocycles. The molecule has 6 heteroatoms. The van der Waals surface area contributed by atoms with Crippen molar-refractivity contribution in [3.05, 3.63) is 68.8 Å². The fraction of sp³-hybridized carbons (Fsp3) is 0.280. The zero-order valence-electron chi connectivity index (χ0n) is 17.5. The summed E-state index contributed by atoms with van der Waals surface area (Å²) in [6.07, 6.45) is 4.08. The Morgan fingerprint density at radius 2 is 1.81 bits per heavy atom. The van der Waals surface area contributed by atoms with Crippen LogP contribution in [0.2, 0.25) is 0 Å². The highest BCUT2D eigenvalue weighted by Gasteiger charge is 2.23. The Morgan fingerprint density at radius 1 is 1.03 bits per heavy atom. The van der Waals surface area contributed by atoms with E-state index in [2.05, 4.69) is 5.32 Å². The molecule has 0 aliphatic heterocycles. The minimum Gasteiger partial charge on any atom is -0.508 e. The van der Waals surface area contributed by atoms with E-state index in [4.69, 9.17) is 8.83 Å². The van der Waals surface area contributed by atoms with Crippen molar-refractivity contribution in [3.63, 3.8) is 0 Å². The van der Waals surface area contributed by atoms with Gasteiger partial charge in [-0.2, -0.15) is 0 Å². The van der Waals surface area contributed by atoms with Gasteiger partial charge in [-0.3, -0.25) is 4.79 Å². The van der Waals surface area contributed by atoms with Gasteiger partial charge in [0, 0.05) is 40.1 Å². The van der Waals surface area contributed by atoms with Gasteiger partial charge in [-0.15, -0.1) is 0 Å². The predicted octanol–water partition coefficient (Wildman–Crippen LogP) is 4.92. The minimum absolute atomic E-state index is 0.0575. The molecule has 31 heavy (non-hydrogen) atoms. The lowest BCUT2D eigenvalue weighted by molar-refractivity contribution is -0.115. The second-order valence-electron chi connectivity index (χ2n) is 8.23. The zero-order valence-corrected chi connectivity index (χ0v) is 17.5. The van der Waals surface area contributed by atoms with E-state index in [1.807, 2.05) is 19.9 Å². The molecule has 2 aromatic carbocycles. The lowest BCUT2D eigenvalue weighted by atomic mass is 9.93. The number of amides is 1. The van der Waals surface area contributed by atoms with Crippen LogP contribution in [0.1, 0.15) is 40.9 Å². The molecule has 1 amide bonds. The zero-order chi connectivity index (χ0) is 21.7. The van der Waals surface area contributed by atoms with Gasteiger partial charge >= 0.3 is 5.63 Å². The Hall–Kier alpha value is -3.54. The molecule has 158 valence electrons. The number of anilines is 1. The first kappa shape index (κ1) is 19.4. The fourth-order valence-corrected chi connectivity index (χ4v) is 4.57. The lowest BCUT2D eigenvalue weighted by Crippen LogP contribution is -2.20. The summed E-state index contributed by atoms with van der Waals surface area (Å²) in [4.78, 5) is 25.3. The number of benzene rings is 2. The Labute approximate surface area is 178 Å². The van der Waals surface area contributed by atoms with Crippen molar-refractivity contribution >= 4 is 33.5 Å². The van der Waals surface area contributed by atoms with Crippen molar-refractivity contribution in [1.29, 1.82) is 0 Å². The number of rotatable bonds is 3. The fourth-order valence-electron chi connectivity index (χ4n) is 4.57. The summed E-state index contributed by atoms with van der Waals surface area (Å²) in [6, 6.07) is 8.33. The number of hydrogen-bond donors (Lipinski definition) is 2. The molecule has 6 nitrogen and oxygen atoms in total. The van der Waals surface area contributed by atoms with E-state index in [1.165, 1.54) is 17.7 Å². The van der Waals surface area contributed by atoms with Crippen LogP contribution in [0.4, 0.5) is 5.69 Å². The lowest BCUT2D eigenvalue weighted by Gasteiger charge is -2.11. The third-order valence-electron chi connectivity index (χ3n) is 6.19. The Bertz CT molecular complexity index is 1410. The molecule has 0 saturated carbocycles. The van der Waals surface area contributed by atoms with Crippen molar-refractivity contribution in [3.8, 4) is 5.75 Å². The highest BCUT2D eigenvalue weighted by molar-refractivity contribution is 6.01. The second-order valence-corrected chi connectivity index (χ2v) is 8.23. The van der Waals surface area contributed by atoms with Gasteiger partial charge in [0.15, 0.2) is 0 Å². The van der Waals surface area contributed by atoms with Gasteiger partial charge < -0.3 is 19.3 Å². The van der Waals surface area contributed by atoms with E-state index >= 15 is 0 Å². The van der Waals surface area contributed by atoms with Crippen LogP contribution >= 0.6 is 0 Å². The van der Waals surface area contributed by atoms with Crippen LogP contribution in [0.15, 0.2) is 44.0 Å². The van der Waals surface area contributed by atoms with Gasteiger partial charge in [0.05, 0.1) is 12.0 Å². The van der Waals surface area contributed by atoms with Gasteiger partial charge in [-0.1, -0.05) is 6.07 Å². The van der Waals surface area contributed by atoms with Crippen molar-refractivity contribution in [2.75, 3.05) is 5.32 Å². The number of carbonyl (C=O) groups is 1. The molecule has 0 unspecified atom stereocenters. The first-order valence-electron chi connectivity index (χ1n) is 10.5. The van der Waals surface area contributed by atoms with Crippen LogP contribution in [0.3, 0.4) is 0 Å². The molecule has 2 aromatic heterocycles. The molecular weight excluding hydrogens is 394 g/mol. The summed E-state index contributed by atoms with van der Waals surface area (Å²) in [7, 11) is 0. The summed E-state index contributed by atoms with van der Waals surface area (Å²) >= 11 is 0. The molecule has 1 aliphatic rings. The van der Waals surface area contributed by atoms with Gasteiger partial charge in [0.1, 0.15) is 22.7 Å². The topological polar surface area (TPSA) is 92.7 Å². The molecule has 0 fully saturated rings. The number of furan rings is 1. The Kier molecular flexibility index (Phi) is 4.58. The van der Waals surface area contributed by atoms with Crippen LogP contribution in [0.25, 0.3) is 21.9 Å². The van der Waals surface area contributed by atoms with E-state index in [0.29, 0.717) is 16.8 Å². The maximum atomic E-state index is 12.8. The van der Waals surface area contributed by atoms with Crippen LogP contribution in [-0.2, 0) is 24.1 Å². The average molecular weight is 417 g/mol. The standard InChI is InChI=1S/C25H23NO5/c1-13-18-11-20-17-8-3-4-9-21(17)30-24(20)14(2)23(18)31-25(29)19(13)12-22(28)26-15-6-5-7-16(27)10-15/h5-7,10-11,27H,3-4,8-9,12H2,1-2H3,(H,26,28). The number of aromatic hydroxyl groups is 1. The number of nitrogens with one attached hydrogen (secondary N) is 1. The molecule has 0 saturated heterocycles. The molecule has 5 rings (SSSR count). The molecule has 0 bridgehead atoms. The number of hydrogen-bond acceptors (Lipinski definition) is 5. The molecule has 1 aliphatic carbocycles. The minimum atomic E-state index is -0.519. The number of aryl methyl sites for hydroxylation is 4. The molecular formula is C25H23NO5. The van der Waals surface area contributed by atoms with Crippen molar-refractivity contribution in [2.24, 2.45) is 0 Å². The van der Waals surface area contributed by atoms with E-state index < -0.39 is 5.63 Å². The summed E-state index contributed by atoms with van der Waals surface area (Å²) in [6.45, 7) is 3.77. The van der Waals surface area contributed by atoms with Gasteiger partial charge in [-0.05, 0) is 56.9 Å². The Morgan fingerprint density at radius 3 is 2.61 bits per heavy atom. The van der Waals surface area contributed by atoms with E-state index in [0.717, 1.165) is 58.9 Å². The van der Waals surface area contributed by atoms with Crippen molar-refractivity contribution in [1.82, 2.24) is 0 Å². The van der Waals surface area contributed by atoms with Crippen LogP contribution in [0, 0.1) is 13.8 Å². The SMILES string of the molecule is Cc1c(CC(=O)Nc2cccc(O)c2)c(=O)oc2c(C)c3oc4c(c3cc12)CCCC4. The quantitative estimate of drug-likeness (QED) is 0.462. The first-order chi connectivity index (χ1) is 14.9. The van der Waals surface area contributed by atoms with Gasteiger partial charge in [0.2, 0.25) is 5.91 Å². The first-order valence-corrected chi connectivity index (χ1v) is 10.5. The monoisotopic (exact) mass is 417 g/mol. The van der Waals surface area contributed by atoms with Crippen LogP contribution < -0.4 is 10.9 Å². The van der Waals surface area contributed by atoms with Crippen LogP contribution in [-0.4, -0.2) is 11.0 Å². The summed E-state index contributed by atoms with van der Waals surface area (Å²) in [5.74, 6) is 0.742. The molecule has 0 radical (unpaired) electrons. The molecule has 0 spiro atoms. The van der Waals surface area contributed by atoms with Gasteiger partial charge in [0.25, 0.3) is 0 Å². The summed E-state index contributed by atoms with van der Waals surface area (Å²) in [5, 5.41) is 14.2. The maximum Gasteiger partial charge on any atom is 0.340 e. The summed E-state index contributed by atoms with van der Waals surface area (Å²) < 4.78 is 11.8. The number of phenolic OH excluding ortho intramolecular Hbond substituents is 1. The number of carbonyl (C=O) groups excluding carboxylic acids is 1. The van der Waals surface area contributed by atoms with Crippen molar-refractivity contribution in [2.45, 2.75) is 46.0 Å². The molecule has 2 N–H and O–H groups in total. The largest absolute Gasteiger partial charge is 0.508 e. The van der Waals surface area contributed by atoms with Crippen LogP contribution in [0.5, 0.6) is 5.75 Å². The number of fused-ring (bicyclic) bond motifs is 4. The molecule has 0 atom stereocenters. The molecule has 4 aromatic rings. The van der Waals surface area contributed by atoms with E-state index in [-0.39, 0.29) is 18.1 Å². The Balaban J connectivity index is 1.58. The average Bonchev–Trinajstić information content (AvgIpc) is 3.11. The summed E-state index contributed by atoms with van der Waals surface area (Å²) in [5.41, 5.74) is 4.40. The third kappa shape index (κ3) is 3.28. The highest BCUT2D eigenvalue weighted by atomic mass is 16.4. The smallest absolute Gasteiger partial charge is 0.340 e. The number of phenols is 1. The predicted molar refractivity (Wildman–Crippen MR) is 119 cm³/mol. The maximum absolute atomic E-state index is 12.8. The van der Waals surface area contributed by atoms with E-state index in [9.17, 15) is 14.7 Å². The van der Waals surface area contributed by atoms with E-state index in [1.54, 1.807) is 12.1 Å². The van der Waals surface area contributed by atoms with Crippen molar-refractivity contribution < 1.29 is 18.7 Å². The normalized spacial score (nSPS) is 13.5. The van der Waals surface area contributed by atoms with Gasteiger partial charge in [-0.25, -0.2) is 4.79 Å². The highest BCUT2D eigenvalue weighted by Crippen LogP contribution is 2.37. The second kappa shape index (κ2) is 7.30.